The van der Waals surface area contributed by atoms with Crippen LogP contribution < -0.4 is 0 Å². The molecule has 0 aliphatic carbocycles. The second kappa shape index (κ2) is 4.17. The van der Waals surface area contributed by atoms with E-state index < -0.39 is 0 Å². The van der Waals surface area contributed by atoms with Crippen molar-refractivity contribution in [2.45, 2.75) is 6.92 Å². The van der Waals surface area contributed by atoms with E-state index in [9.17, 15) is 0 Å². The van der Waals surface area contributed by atoms with Crippen molar-refractivity contribution in [1.82, 2.24) is 15.2 Å². The Morgan fingerprint density at radius 2 is 1.60 bits per heavy atom. The largest absolute Gasteiger partial charge is 0.278 e. The molecule has 2 aromatic carbocycles. The minimum atomic E-state index is 1.04. The number of H-pyrrole nitrogens is 1. The molecule has 3 nitrogen and oxygen atoms in total. The number of nitrogens with one attached hydrogen (secondary N) is 1. The average Bonchev–Trinajstić information content (AvgIpc) is 2.93. The molecule has 0 saturated heterocycles. The van der Waals surface area contributed by atoms with Gasteiger partial charge >= 0.3 is 0 Å². The Labute approximate surface area is 116 Å². The third-order valence-electron chi connectivity index (χ3n) is 3.63. The Bertz CT molecular complexity index is 922. The molecule has 0 aliphatic rings. The monoisotopic (exact) mass is 259 g/mol. The first-order valence-corrected chi connectivity index (χ1v) is 6.59. The fourth-order valence-electron chi connectivity index (χ4n) is 2.55. The predicted octanol–water partition coefficient (Wildman–Crippen LogP) is 4.09. The van der Waals surface area contributed by atoms with Crippen molar-refractivity contribution < 1.29 is 0 Å². The molecule has 4 aromatic rings. The molecule has 0 radical (unpaired) electrons. The third kappa shape index (κ3) is 1.75. The van der Waals surface area contributed by atoms with Crippen LogP contribution in [0.25, 0.3) is 32.8 Å². The van der Waals surface area contributed by atoms with Crippen molar-refractivity contribution >= 4 is 21.7 Å². The van der Waals surface area contributed by atoms with E-state index in [2.05, 4.69) is 57.6 Å². The maximum absolute atomic E-state index is 4.33. The van der Waals surface area contributed by atoms with Gasteiger partial charge in [-0.05, 0) is 47.7 Å². The molecule has 0 spiro atoms. The van der Waals surface area contributed by atoms with E-state index >= 15 is 0 Å². The van der Waals surface area contributed by atoms with Crippen LogP contribution in [0.15, 0.2) is 54.9 Å². The van der Waals surface area contributed by atoms with Gasteiger partial charge in [0, 0.05) is 22.7 Å². The number of aromatic amines is 1. The molecule has 1 N–H and O–H groups in total. The molecule has 3 heteroatoms. The normalized spacial score (nSPS) is 11.2. The summed E-state index contributed by atoms with van der Waals surface area (Å²) in [5, 5.41) is 10.6. The highest BCUT2D eigenvalue weighted by Gasteiger charge is 2.03. The van der Waals surface area contributed by atoms with Crippen LogP contribution in [0.2, 0.25) is 0 Å². The first-order valence-electron chi connectivity index (χ1n) is 6.59. The first kappa shape index (κ1) is 11.2. The number of aryl methyl sites for hydroxylation is 1. The maximum Gasteiger partial charge on any atom is 0.0650 e. The molecule has 0 aliphatic heterocycles. The van der Waals surface area contributed by atoms with Gasteiger partial charge in [-0.2, -0.15) is 5.10 Å². The van der Waals surface area contributed by atoms with Crippen molar-refractivity contribution in [3.63, 3.8) is 0 Å². The van der Waals surface area contributed by atoms with Crippen molar-refractivity contribution in [1.29, 1.82) is 0 Å². The second-order valence-electron chi connectivity index (χ2n) is 5.06. The van der Waals surface area contributed by atoms with Crippen molar-refractivity contribution in [3.8, 4) is 11.1 Å². The van der Waals surface area contributed by atoms with Crippen LogP contribution in [0.1, 0.15) is 5.69 Å². The molecule has 0 unspecified atom stereocenters. The third-order valence-corrected chi connectivity index (χ3v) is 3.63. The van der Waals surface area contributed by atoms with Gasteiger partial charge in [0.2, 0.25) is 0 Å². The Morgan fingerprint density at radius 1 is 0.800 bits per heavy atom. The summed E-state index contributed by atoms with van der Waals surface area (Å²) in [7, 11) is 0. The standard InChI is InChI=1S/C17H13N3/c1-11-6-15-7-12(2-3-14(15)9-18-11)13-4-5-17-16(8-13)10-19-20-17/h2-10H,1H3,(H,19,20). The summed E-state index contributed by atoms with van der Waals surface area (Å²) in [6.45, 7) is 2.02. The van der Waals surface area contributed by atoms with Crippen molar-refractivity contribution in [2.24, 2.45) is 0 Å². The van der Waals surface area contributed by atoms with E-state index in [1.54, 1.807) is 0 Å². The van der Waals surface area contributed by atoms with Gasteiger partial charge in [0.05, 0.1) is 11.7 Å². The fourth-order valence-corrected chi connectivity index (χ4v) is 2.55. The van der Waals surface area contributed by atoms with Gasteiger partial charge in [-0.25, -0.2) is 0 Å². The number of benzene rings is 2. The number of fused-ring (bicyclic) bond motifs is 2. The van der Waals surface area contributed by atoms with Crippen LogP contribution in [0.3, 0.4) is 0 Å². The van der Waals surface area contributed by atoms with Crippen LogP contribution in [0, 0.1) is 6.92 Å². The van der Waals surface area contributed by atoms with Crippen molar-refractivity contribution in [3.05, 3.63) is 60.6 Å². The summed E-state index contributed by atoms with van der Waals surface area (Å²) in [6.07, 6.45) is 3.78. The van der Waals surface area contributed by atoms with Crippen molar-refractivity contribution in [2.75, 3.05) is 0 Å². The van der Waals surface area contributed by atoms with Gasteiger partial charge in [-0.1, -0.05) is 18.2 Å². The molecule has 0 amide bonds. The first-order chi connectivity index (χ1) is 9.79. The molecule has 0 atom stereocenters. The molecule has 4 rings (SSSR count). The molecule has 0 fully saturated rings. The van der Waals surface area contributed by atoms with Crippen LogP contribution in [0.4, 0.5) is 0 Å². The van der Waals surface area contributed by atoms with Gasteiger partial charge < -0.3 is 0 Å². The smallest absolute Gasteiger partial charge is 0.0650 e. The molecular formula is C17H13N3. The number of aromatic nitrogens is 3. The highest BCUT2D eigenvalue weighted by atomic mass is 15.1. The average molecular weight is 259 g/mol. The van der Waals surface area contributed by atoms with E-state index in [4.69, 9.17) is 0 Å². The highest BCUT2D eigenvalue weighted by Crippen LogP contribution is 2.26. The van der Waals surface area contributed by atoms with Crippen LogP contribution >= 0.6 is 0 Å². The van der Waals surface area contributed by atoms with Gasteiger partial charge in [-0.3, -0.25) is 10.1 Å². The molecule has 0 bridgehead atoms. The van der Waals surface area contributed by atoms with E-state index in [1.165, 1.54) is 21.9 Å². The van der Waals surface area contributed by atoms with E-state index in [-0.39, 0.29) is 0 Å². The highest BCUT2D eigenvalue weighted by molar-refractivity contribution is 5.89. The van der Waals surface area contributed by atoms with Crippen LogP contribution in [0.5, 0.6) is 0 Å². The van der Waals surface area contributed by atoms with Crippen LogP contribution in [-0.4, -0.2) is 15.2 Å². The van der Waals surface area contributed by atoms with E-state index in [1.807, 2.05) is 19.3 Å². The number of hydrogen-bond donors (Lipinski definition) is 1. The summed E-state index contributed by atoms with van der Waals surface area (Å²) in [5.41, 5.74) is 4.52. The summed E-state index contributed by atoms with van der Waals surface area (Å²) in [5.74, 6) is 0. The maximum atomic E-state index is 4.33. The van der Waals surface area contributed by atoms with E-state index in [0.717, 1.165) is 16.6 Å². The Hall–Kier alpha value is -2.68. The number of hydrogen-bond acceptors (Lipinski definition) is 2. The van der Waals surface area contributed by atoms with E-state index in [0.29, 0.717) is 0 Å². The lowest BCUT2D eigenvalue weighted by molar-refractivity contribution is 1.12. The molecule has 96 valence electrons. The van der Waals surface area contributed by atoms with Gasteiger partial charge in [0.1, 0.15) is 0 Å². The zero-order valence-corrected chi connectivity index (χ0v) is 11.1. The number of rotatable bonds is 1. The number of nitrogens with zero attached hydrogens (tertiary/aromatic N) is 2. The lowest BCUT2D eigenvalue weighted by Gasteiger charge is -2.05. The molecular weight excluding hydrogens is 246 g/mol. The zero-order valence-electron chi connectivity index (χ0n) is 11.1. The molecule has 20 heavy (non-hydrogen) atoms. The lowest BCUT2D eigenvalue weighted by Crippen LogP contribution is -1.83. The summed E-state index contributed by atoms with van der Waals surface area (Å²) >= 11 is 0. The topological polar surface area (TPSA) is 41.6 Å². The zero-order chi connectivity index (χ0) is 13.5. The minimum Gasteiger partial charge on any atom is -0.278 e. The predicted molar refractivity (Wildman–Crippen MR) is 81.6 cm³/mol. The summed E-state index contributed by atoms with van der Waals surface area (Å²) in [4.78, 5) is 4.33. The minimum absolute atomic E-state index is 1.04. The Balaban J connectivity index is 1.91. The second-order valence-corrected chi connectivity index (χ2v) is 5.06. The summed E-state index contributed by atoms with van der Waals surface area (Å²) in [6, 6.07) is 14.9. The Morgan fingerprint density at radius 3 is 2.50 bits per heavy atom. The van der Waals surface area contributed by atoms with Gasteiger partial charge in [-0.15, -0.1) is 0 Å². The lowest BCUT2D eigenvalue weighted by atomic mass is 10.0. The summed E-state index contributed by atoms with van der Waals surface area (Å²) < 4.78 is 0. The number of pyridine rings is 1. The molecule has 2 heterocycles. The van der Waals surface area contributed by atoms with Crippen LogP contribution in [-0.2, 0) is 0 Å². The SMILES string of the molecule is Cc1cc2cc(-c3ccc4[nH]ncc4c3)ccc2cn1. The fraction of sp³-hybridized carbons (Fsp3) is 0.0588. The molecule has 0 saturated carbocycles. The Kier molecular flexibility index (Phi) is 2.33. The van der Waals surface area contributed by atoms with Gasteiger partial charge in [0.15, 0.2) is 0 Å². The quantitative estimate of drug-likeness (QED) is 0.559. The molecule has 2 aromatic heterocycles. The van der Waals surface area contributed by atoms with Gasteiger partial charge in [0.25, 0.3) is 0 Å².